The molecule has 5 nitrogen and oxygen atoms in total. The Kier molecular flexibility index (Phi) is 2.90. The van der Waals surface area contributed by atoms with Crippen molar-refractivity contribution in [2.24, 2.45) is 0 Å². The SMILES string of the molecule is Cc1cc2[nH]c(=O)n(C(=O)c3ccccc3C)c2cc1N. The van der Waals surface area contributed by atoms with E-state index in [1.54, 1.807) is 24.3 Å². The number of aryl methyl sites for hydroxylation is 2. The van der Waals surface area contributed by atoms with Gasteiger partial charge in [-0.25, -0.2) is 9.36 Å². The standard InChI is InChI=1S/C16H15N3O2/c1-9-5-3-4-6-11(9)15(20)19-14-8-12(17)10(2)7-13(14)18-16(19)21/h3-8H,17H2,1-2H3,(H,18,21). The summed E-state index contributed by atoms with van der Waals surface area (Å²) in [6, 6.07) is 10.6. The summed E-state index contributed by atoms with van der Waals surface area (Å²) >= 11 is 0. The van der Waals surface area contributed by atoms with Crippen molar-refractivity contribution in [1.29, 1.82) is 0 Å². The van der Waals surface area contributed by atoms with E-state index in [1.165, 1.54) is 0 Å². The molecule has 0 atom stereocenters. The number of hydrogen-bond donors (Lipinski definition) is 2. The zero-order valence-corrected chi connectivity index (χ0v) is 11.8. The van der Waals surface area contributed by atoms with E-state index >= 15 is 0 Å². The lowest BCUT2D eigenvalue weighted by Crippen LogP contribution is -2.25. The van der Waals surface area contributed by atoms with Crippen molar-refractivity contribution in [3.8, 4) is 0 Å². The average molecular weight is 281 g/mol. The van der Waals surface area contributed by atoms with E-state index in [-0.39, 0.29) is 5.91 Å². The van der Waals surface area contributed by atoms with Crippen molar-refractivity contribution in [2.75, 3.05) is 5.73 Å². The number of anilines is 1. The summed E-state index contributed by atoms with van der Waals surface area (Å²) in [6.45, 7) is 3.69. The third-order valence-corrected chi connectivity index (χ3v) is 3.65. The van der Waals surface area contributed by atoms with Crippen LogP contribution in [0.3, 0.4) is 0 Å². The molecule has 1 heterocycles. The molecule has 3 aromatic rings. The molecule has 1 aromatic heterocycles. The highest BCUT2D eigenvalue weighted by Gasteiger charge is 2.17. The van der Waals surface area contributed by atoms with Crippen LogP contribution in [0.5, 0.6) is 0 Å². The molecular formula is C16H15N3O2. The minimum atomic E-state index is -0.455. The van der Waals surface area contributed by atoms with Gasteiger partial charge in [0.25, 0.3) is 5.91 Å². The molecule has 3 N–H and O–H groups in total. The molecule has 0 aliphatic heterocycles. The lowest BCUT2D eigenvalue weighted by molar-refractivity contribution is 0.0960. The molecule has 0 saturated heterocycles. The van der Waals surface area contributed by atoms with E-state index in [0.717, 1.165) is 15.7 Å². The van der Waals surface area contributed by atoms with E-state index in [9.17, 15) is 9.59 Å². The van der Waals surface area contributed by atoms with Gasteiger partial charge in [-0.3, -0.25) is 4.79 Å². The van der Waals surface area contributed by atoms with Crippen LogP contribution >= 0.6 is 0 Å². The van der Waals surface area contributed by atoms with Crippen LogP contribution < -0.4 is 11.4 Å². The highest BCUT2D eigenvalue weighted by Crippen LogP contribution is 2.20. The maximum absolute atomic E-state index is 12.7. The van der Waals surface area contributed by atoms with Crippen LogP contribution in [0.1, 0.15) is 21.5 Å². The van der Waals surface area contributed by atoms with Crippen molar-refractivity contribution >= 4 is 22.6 Å². The number of nitrogens with two attached hydrogens (primary N) is 1. The second-order valence-electron chi connectivity index (χ2n) is 5.11. The Hall–Kier alpha value is -2.82. The quantitative estimate of drug-likeness (QED) is 0.671. The Morgan fingerprint density at radius 3 is 2.57 bits per heavy atom. The Morgan fingerprint density at radius 2 is 1.86 bits per heavy atom. The van der Waals surface area contributed by atoms with Crippen molar-refractivity contribution in [3.05, 3.63) is 63.6 Å². The molecule has 0 bridgehead atoms. The first-order valence-electron chi connectivity index (χ1n) is 6.60. The van der Waals surface area contributed by atoms with Crippen LogP contribution in [-0.4, -0.2) is 15.5 Å². The Bertz CT molecular complexity index is 919. The van der Waals surface area contributed by atoms with Gasteiger partial charge in [0.2, 0.25) is 0 Å². The molecule has 5 heteroatoms. The van der Waals surface area contributed by atoms with Gasteiger partial charge in [0.1, 0.15) is 0 Å². The third kappa shape index (κ3) is 2.03. The minimum Gasteiger partial charge on any atom is -0.398 e. The van der Waals surface area contributed by atoms with Gasteiger partial charge in [0.15, 0.2) is 0 Å². The zero-order valence-electron chi connectivity index (χ0n) is 11.8. The Balaban J connectivity index is 2.28. The monoisotopic (exact) mass is 281 g/mol. The predicted octanol–water partition coefficient (Wildman–Crippen LogP) is 2.22. The van der Waals surface area contributed by atoms with Crippen molar-refractivity contribution < 1.29 is 4.79 Å². The van der Waals surface area contributed by atoms with Crippen molar-refractivity contribution in [2.45, 2.75) is 13.8 Å². The first-order chi connectivity index (χ1) is 9.99. The Labute approximate surface area is 121 Å². The smallest absolute Gasteiger partial charge is 0.333 e. The van der Waals surface area contributed by atoms with Gasteiger partial charge in [-0.15, -0.1) is 0 Å². The summed E-state index contributed by atoms with van der Waals surface area (Å²) in [7, 11) is 0. The predicted molar refractivity (Wildman–Crippen MR) is 82.6 cm³/mol. The first-order valence-corrected chi connectivity index (χ1v) is 6.60. The molecule has 2 aromatic carbocycles. The topological polar surface area (TPSA) is 80.9 Å². The second-order valence-corrected chi connectivity index (χ2v) is 5.11. The maximum atomic E-state index is 12.7. The minimum absolute atomic E-state index is 0.354. The molecule has 3 rings (SSSR count). The average Bonchev–Trinajstić information content (AvgIpc) is 2.74. The number of hydrogen-bond acceptors (Lipinski definition) is 3. The number of rotatable bonds is 1. The number of nitrogens with zero attached hydrogens (tertiary/aromatic N) is 1. The first kappa shape index (κ1) is 13.2. The highest BCUT2D eigenvalue weighted by atomic mass is 16.2. The van der Waals surface area contributed by atoms with Gasteiger partial charge in [-0.2, -0.15) is 0 Å². The number of carbonyl (C=O) groups excluding carboxylic acids is 1. The fourth-order valence-electron chi connectivity index (χ4n) is 2.41. The second kappa shape index (κ2) is 4.63. The van der Waals surface area contributed by atoms with Crippen LogP contribution in [0.15, 0.2) is 41.2 Å². The number of aromatic nitrogens is 2. The van der Waals surface area contributed by atoms with Gasteiger partial charge >= 0.3 is 5.69 Å². The van der Waals surface area contributed by atoms with Gasteiger partial charge in [0.05, 0.1) is 11.0 Å². The van der Waals surface area contributed by atoms with Gasteiger partial charge < -0.3 is 10.7 Å². The highest BCUT2D eigenvalue weighted by molar-refractivity contribution is 6.02. The largest absolute Gasteiger partial charge is 0.398 e. The molecule has 106 valence electrons. The number of benzene rings is 2. The fourth-order valence-corrected chi connectivity index (χ4v) is 2.41. The third-order valence-electron chi connectivity index (χ3n) is 3.65. The van der Waals surface area contributed by atoms with E-state index in [0.29, 0.717) is 22.3 Å². The summed E-state index contributed by atoms with van der Waals surface area (Å²) < 4.78 is 1.13. The van der Waals surface area contributed by atoms with E-state index in [4.69, 9.17) is 5.73 Å². The summed E-state index contributed by atoms with van der Waals surface area (Å²) in [5, 5.41) is 0. The lowest BCUT2D eigenvalue weighted by atomic mass is 10.1. The normalized spacial score (nSPS) is 11.0. The zero-order chi connectivity index (χ0) is 15.1. The maximum Gasteiger partial charge on any atom is 0.333 e. The number of aromatic amines is 1. The number of carbonyl (C=O) groups is 1. The van der Waals surface area contributed by atoms with E-state index in [2.05, 4.69) is 4.98 Å². The molecular weight excluding hydrogens is 266 g/mol. The summed E-state index contributed by atoms with van der Waals surface area (Å²) in [4.78, 5) is 27.5. The van der Waals surface area contributed by atoms with Crippen LogP contribution in [-0.2, 0) is 0 Å². The van der Waals surface area contributed by atoms with Crippen LogP contribution in [0.2, 0.25) is 0 Å². The van der Waals surface area contributed by atoms with E-state index in [1.807, 2.05) is 26.0 Å². The summed E-state index contributed by atoms with van der Waals surface area (Å²) in [5.74, 6) is -0.354. The molecule has 0 aliphatic rings. The lowest BCUT2D eigenvalue weighted by Gasteiger charge is -2.06. The fraction of sp³-hybridized carbons (Fsp3) is 0.125. The molecule has 0 fully saturated rings. The number of nitrogen functional groups attached to an aromatic ring is 1. The number of fused-ring (bicyclic) bond motifs is 1. The van der Waals surface area contributed by atoms with E-state index < -0.39 is 5.69 Å². The molecule has 0 aliphatic carbocycles. The van der Waals surface area contributed by atoms with Crippen molar-refractivity contribution in [3.63, 3.8) is 0 Å². The summed E-state index contributed by atoms with van der Waals surface area (Å²) in [5.41, 5.74) is 9.27. The molecule has 0 radical (unpaired) electrons. The summed E-state index contributed by atoms with van der Waals surface area (Å²) in [6.07, 6.45) is 0. The van der Waals surface area contributed by atoms with Crippen LogP contribution in [0.25, 0.3) is 11.0 Å². The number of nitrogens with one attached hydrogen (secondary N) is 1. The molecule has 0 spiro atoms. The van der Waals surface area contributed by atoms with Crippen molar-refractivity contribution in [1.82, 2.24) is 9.55 Å². The Morgan fingerprint density at radius 1 is 1.14 bits per heavy atom. The molecule has 21 heavy (non-hydrogen) atoms. The molecule has 0 amide bonds. The van der Waals surface area contributed by atoms with Gasteiger partial charge in [0, 0.05) is 11.3 Å². The molecule has 0 unspecified atom stereocenters. The molecule has 0 saturated carbocycles. The van der Waals surface area contributed by atoms with Gasteiger partial charge in [-0.05, 0) is 43.2 Å². The van der Waals surface area contributed by atoms with Gasteiger partial charge in [-0.1, -0.05) is 18.2 Å². The number of imidazole rings is 1. The van der Waals surface area contributed by atoms with Crippen LogP contribution in [0.4, 0.5) is 5.69 Å². The van der Waals surface area contributed by atoms with Crippen LogP contribution in [0, 0.1) is 13.8 Å². The number of H-pyrrole nitrogens is 1.